The summed E-state index contributed by atoms with van der Waals surface area (Å²) in [4.78, 5) is 11.1. The maximum atomic E-state index is 11.1. The fourth-order valence-corrected chi connectivity index (χ4v) is 2.35. The molecular formula is C7H14OS2. The van der Waals surface area contributed by atoms with Gasteiger partial charge in [0.05, 0.1) is 5.25 Å². The molecule has 0 bridgehead atoms. The SMILES string of the molecule is CCCC(SC)C(=O)SC. The Kier molecular flexibility index (Phi) is 6.33. The van der Waals surface area contributed by atoms with Crippen molar-refractivity contribution in [3.63, 3.8) is 0 Å². The van der Waals surface area contributed by atoms with Crippen LogP contribution in [-0.4, -0.2) is 22.9 Å². The topological polar surface area (TPSA) is 17.1 Å². The monoisotopic (exact) mass is 178 g/mol. The summed E-state index contributed by atoms with van der Waals surface area (Å²) in [5, 5.41) is 0.536. The average molecular weight is 178 g/mol. The number of hydrogen-bond acceptors (Lipinski definition) is 3. The Bertz CT molecular complexity index is 104. The van der Waals surface area contributed by atoms with Crippen molar-refractivity contribution in [2.75, 3.05) is 12.5 Å². The molecule has 0 N–H and O–H groups in total. The van der Waals surface area contributed by atoms with E-state index in [2.05, 4.69) is 6.92 Å². The standard InChI is InChI=1S/C7H14OS2/c1-4-5-6(9-2)7(8)10-3/h6H,4-5H2,1-3H3. The summed E-state index contributed by atoms with van der Waals surface area (Å²) in [6.45, 7) is 2.11. The molecule has 0 aromatic rings. The molecular weight excluding hydrogens is 164 g/mol. The molecule has 0 heterocycles. The Morgan fingerprint density at radius 1 is 1.50 bits per heavy atom. The van der Waals surface area contributed by atoms with E-state index in [1.165, 1.54) is 11.8 Å². The van der Waals surface area contributed by atoms with E-state index in [1.807, 2.05) is 12.5 Å². The van der Waals surface area contributed by atoms with Crippen molar-refractivity contribution in [2.24, 2.45) is 0 Å². The van der Waals surface area contributed by atoms with Crippen molar-refractivity contribution in [2.45, 2.75) is 25.0 Å². The van der Waals surface area contributed by atoms with Gasteiger partial charge in [0, 0.05) is 0 Å². The number of hydrogen-bond donors (Lipinski definition) is 0. The maximum Gasteiger partial charge on any atom is 0.201 e. The molecule has 1 unspecified atom stereocenters. The highest BCUT2D eigenvalue weighted by molar-refractivity contribution is 8.15. The largest absolute Gasteiger partial charge is 0.286 e. The number of rotatable bonds is 4. The lowest BCUT2D eigenvalue weighted by Gasteiger charge is -2.08. The first-order valence-electron chi connectivity index (χ1n) is 3.36. The molecule has 0 radical (unpaired) electrons. The summed E-state index contributed by atoms with van der Waals surface area (Å²) in [7, 11) is 0. The van der Waals surface area contributed by atoms with E-state index in [0.29, 0.717) is 5.12 Å². The summed E-state index contributed by atoms with van der Waals surface area (Å²) in [6, 6.07) is 0. The van der Waals surface area contributed by atoms with E-state index in [-0.39, 0.29) is 5.25 Å². The molecule has 0 fully saturated rings. The number of carbonyl (C=O) groups excluding carboxylic acids is 1. The second-order valence-electron chi connectivity index (χ2n) is 2.04. The Balaban J connectivity index is 3.68. The molecule has 0 aromatic carbocycles. The van der Waals surface area contributed by atoms with Gasteiger partial charge < -0.3 is 0 Å². The zero-order chi connectivity index (χ0) is 7.98. The summed E-state index contributed by atoms with van der Waals surface area (Å²) < 4.78 is 0. The highest BCUT2D eigenvalue weighted by Crippen LogP contribution is 2.18. The van der Waals surface area contributed by atoms with Crippen molar-refractivity contribution < 1.29 is 4.79 Å². The summed E-state index contributed by atoms with van der Waals surface area (Å²) in [6.07, 6.45) is 5.95. The molecule has 0 spiro atoms. The van der Waals surface area contributed by atoms with Crippen LogP contribution in [-0.2, 0) is 4.79 Å². The molecule has 0 saturated heterocycles. The summed E-state index contributed by atoms with van der Waals surface area (Å²) in [5.74, 6) is 0. The lowest BCUT2D eigenvalue weighted by atomic mass is 10.3. The van der Waals surface area contributed by atoms with Gasteiger partial charge in [-0.15, -0.1) is 0 Å². The van der Waals surface area contributed by atoms with Crippen LogP contribution >= 0.6 is 23.5 Å². The quantitative estimate of drug-likeness (QED) is 0.658. The molecule has 0 aliphatic rings. The molecule has 1 nitrogen and oxygen atoms in total. The van der Waals surface area contributed by atoms with Crippen molar-refractivity contribution in [3.05, 3.63) is 0 Å². The molecule has 0 aromatic heterocycles. The van der Waals surface area contributed by atoms with Gasteiger partial charge in [0.2, 0.25) is 5.12 Å². The second-order valence-corrected chi connectivity index (χ2v) is 3.89. The van der Waals surface area contributed by atoms with Gasteiger partial charge in [-0.1, -0.05) is 25.1 Å². The first kappa shape index (κ1) is 10.4. The Morgan fingerprint density at radius 2 is 2.10 bits per heavy atom. The van der Waals surface area contributed by atoms with E-state index < -0.39 is 0 Å². The van der Waals surface area contributed by atoms with Crippen LogP contribution in [0.4, 0.5) is 0 Å². The summed E-state index contributed by atoms with van der Waals surface area (Å²) >= 11 is 2.99. The highest BCUT2D eigenvalue weighted by Gasteiger charge is 2.13. The van der Waals surface area contributed by atoms with E-state index in [9.17, 15) is 4.79 Å². The van der Waals surface area contributed by atoms with Crippen LogP contribution in [0, 0.1) is 0 Å². The van der Waals surface area contributed by atoms with Crippen LogP contribution in [0.15, 0.2) is 0 Å². The molecule has 60 valence electrons. The molecule has 0 aliphatic carbocycles. The van der Waals surface area contributed by atoms with Gasteiger partial charge in [0.25, 0.3) is 0 Å². The average Bonchev–Trinajstić information content (AvgIpc) is 1.99. The normalized spacial score (nSPS) is 13.1. The molecule has 0 amide bonds. The lowest BCUT2D eigenvalue weighted by Crippen LogP contribution is -2.11. The molecule has 10 heavy (non-hydrogen) atoms. The number of carbonyl (C=O) groups is 1. The van der Waals surface area contributed by atoms with Crippen LogP contribution in [0.3, 0.4) is 0 Å². The van der Waals surface area contributed by atoms with Crippen LogP contribution in [0.2, 0.25) is 0 Å². The molecule has 0 saturated carbocycles. The predicted octanol–water partition coefficient (Wildman–Crippen LogP) is 2.41. The van der Waals surface area contributed by atoms with Gasteiger partial charge in [-0.3, -0.25) is 4.79 Å². The molecule has 0 aliphatic heterocycles. The Hall–Kier alpha value is 0.370. The fourth-order valence-electron chi connectivity index (χ4n) is 0.726. The minimum Gasteiger partial charge on any atom is -0.286 e. The fraction of sp³-hybridized carbons (Fsp3) is 0.857. The van der Waals surface area contributed by atoms with Gasteiger partial charge in [-0.05, 0) is 18.9 Å². The maximum absolute atomic E-state index is 11.1. The summed E-state index contributed by atoms with van der Waals surface area (Å²) in [5.41, 5.74) is 0. The third-order valence-electron chi connectivity index (χ3n) is 1.30. The van der Waals surface area contributed by atoms with E-state index in [0.717, 1.165) is 12.8 Å². The Morgan fingerprint density at radius 3 is 2.40 bits per heavy atom. The van der Waals surface area contributed by atoms with E-state index in [4.69, 9.17) is 0 Å². The van der Waals surface area contributed by atoms with Crippen molar-refractivity contribution >= 4 is 28.6 Å². The zero-order valence-corrected chi connectivity index (χ0v) is 8.35. The van der Waals surface area contributed by atoms with Crippen molar-refractivity contribution in [3.8, 4) is 0 Å². The first-order chi connectivity index (χ1) is 4.76. The third-order valence-corrected chi connectivity index (χ3v) is 3.15. The van der Waals surface area contributed by atoms with E-state index >= 15 is 0 Å². The van der Waals surface area contributed by atoms with Crippen LogP contribution in [0.1, 0.15) is 19.8 Å². The third kappa shape index (κ3) is 3.52. The first-order valence-corrected chi connectivity index (χ1v) is 5.88. The van der Waals surface area contributed by atoms with Gasteiger partial charge in [-0.2, -0.15) is 11.8 Å². The van der Waals surface area contributed by atoms with Gasteiger partial charge >= 0.3 is 0 Å². The lowest BCUT2D eigenvalue weighted by molar-refractivity contribution is -0.110. The van der Waals surface area contributed by atoms with Gasteiger partial charge in [-0.25, -0.2) is 0 Å². The highest BCUT2D eigenvalue weighted by atomic mass is 32.2. The second kappa shape index (κ2) is 6.10. The molecule has 0 rings (SSSR count). The van der Waals surface area contributed by atoms with E-state index in [1.54, 1.807) is 11.8 Å². The molecule has 1 atom stereocenters. The van der Waals surface area contributed by atoms with Gasteiger partial charge in [0.15, 0.2) is 0 Å². The van der Waals surface area contributed by atoms with Crippen molar-refractivity contribution in [1.82, 2.24) is 0 Å². The van der Waals surface area contributed by atoms with Crippen LogP contribution < -0.4 is 0 Å². The minimum absolute atomic E-state index is 0.222. The molecule has 3 heteroatoms. The Labute approximate surface area is 71.3 Å². The smallest absolute Gasteiger partial charge is 0.201 e. The number of thioether (sulfide) groups is 2. The zero-order valence-electron chi connectivity index (χ0n) is 6.72. The van der Waals surface area contributed by atoms with Crippen LogP contribution in [0.25, 0.3) is 0 Å². The van der Waals surface area contributed by atoms with Crippen LogP contribution in [0.5, 0.6) is 0 Å². The van der Waals surface area contributed by atoms with Crippen molar-refractivity contribution in [1.29, 1.82) is 0 Å². The predicted molar refractivity (Wildman–Crippen MR) is 50.7 cm³/mol. The van der Waals surface area contributed by atoms with Gasteiger partial charge in [0.1, 0.15) is 0 Å². The minimum atomic E-state index is 0.222.